The van der Waals surface area contributed by atoms with Crippen LogP contribution in [-0.2, 0) is 5.72 Å². The van der Waals surface area contributed by atoms with Gasteiger partial charge >= 0.3 is 0 Å². The number of aliphatic hydroxyl groups is 1. The van der Waals surface area contributed by atoms with Crippen molar-refractivity contribution in [3.8, 4) is 0 Å². The first-order valence-corrected chi connectivity index (χ1v) is 9.02. The fourth-order valence-corrected chi connectivity index (χ4v) is 3.69. The Morgan fingerprint density at radius 2 is 1.33 bits per heavy atom. The van der Waals surface area contributed by atoms with Crippen LogP contribution in [0.15, 0.2) is 103 Å². The van der Waals surface area contributed by atoms with Crippen molar-refractivity contribution in [3.63, 3.8) is 0 Å². The number of ketones is 1. The molecule has 3 nitrogen and oxygen atoms in total. The van der Waals surface area contributed by atoms with Crippen molar-refractivity contribution in [2.75, 3.05) is 4.90 Å². The van der Waals surface area contributed by atoms with E-state index in [9.17, 15) is 9.90 Å². The molecule has 132 valence electrons. The molecule has 4 rings (SSSR count). The summed E-state index contributed by atoms with van der Waals surface area (Å²) in [5.41, 5.74) is 0.704. The first kappa shape index (κ1) is 17.3. The van der Waals surface area contributed by atoms with E-state index in [-0.39, 0.29) is 5.78 Å². The molecule has 0 radical (unpaired) electrons. The Balaban J connectivity index is 1.86. The van der Waals surface area contributed by atoms with Crippen LogP contribution in [0.1, 0.15) is 15.9 Å². The highest BCUT2D eigenvalue weighted by molar-refractivity contribution is 7.81. The molecule has 1 atom stereocenters. The molecule has 0 fully saturated rings. The second kappa shape index (κ2) is 6.91. The molecule has 4 heteroatoms. The normalized spacial score (nSPS) is 19.1. The van der Waals surface area contributed by atoms with Crippen molar-refractivity contribution in [1.29, 1.82) is 0 Å². The highest BCUT2D eigenvalue weighted by Gasteiger charge is 2.45. The molecule has 0 amide bonds. The van der Waals surface area contributed by atoms with Crippen LogP contribution in [-0.4, -0.2) is 15.9 Å². The summed E-state index contributed by atoms with van der Waals surface area (Å²) >= 11 is 5.65. The maximum absolute atomic E-state index is 13.1. The van der Waals surface area contributed by atoms with Crippen LogP contribution in [0.25, 0.3) is 0 Å². The minimum absolute atomic E-state index is 0.201. The lowest BCUT2D eigenvalue weighted by molar-refractivity contribution is 0.100. The number of para-hydroxylation sites is 1. The topological polar surface area (TPSA) is 40.5 Å². The number of carbonyl (C=O) groups excluding carboxylic acids is 1. The molecule has 1 heterocycles. The predicted octanol–water partition coefficient (Wildman–Crippen LogP) is 4.49. The summed E-state index contributed by atoms with van der Waals surface area (Å²) < 4.78 is 0. The summed E-state index contributed by atoms with van der Waals surface area (Å²) in [7, 11) is 0. The van der Waals surface area contributed by atoms with E-state index in [1.807, 2.05) is 78.9 Å². The highest BCUT2D eigenvalue weighted by Crippen LogP contribution is 2.40. The first-order valence-electron chi connectivity index (χ1n) is 8.61. The average Bonchev–Trinajstić information content (AvgIpc) is 3.01. The van der Waals surface area contributed by atoms with Crippen LogP contribution >= 0.6 is 12.2 Å². The predicted molar refractivity (Wildman–Crippen MR) is 111 cm³/mol. The van der Waals surface area contributed by atoms with Crippen molar-refractivity contribution in [2.24, 2.45) is 0 Å². The van der Waals surface area contributed by atoms with Crippen molar-refractivity contribution < 1.29 is 9.90 Å². The van der Waals surface area contributed by atoms with E-state index in [2.05, 4.69) is 0 Å². The highest BCUT2D eigenvalue weighted by atomic mass is 32.1. The molecule has 3 aromatic carbocycles. The van der Waals surface area contributed by atoms with Crippen molar-refractivity contribution in [2.45, 2.75) is 5.72 Å². The maximum Gasteiger partial charge on any atom is 0.195 e. The Labute approximate surface area is 163 Å². The molecule has 1 unspecified atom stereocenters. The van der Waals surface area contributed by atoms with E-state index in [1.54, 1.807) is 23.1 Å². The molecule has 1 aliphatic rings. The number of nitrogens with zero attached hydrogens (tertiary/aromatic N) is 1. The van der Waals surface area contributed by atoms with Crippen molar-refractivity contribution in [1.82, 2.24) is 0 Å². The van der Waals surface area contributed by atoms with Crippen molar-refractivity contribution >= 4 is 28.7 Å². The lowest BCUT2D eigenvalue weighted by atomic mass is 9.99. The average molecular weight is 371 g/mol. The van der Waals surface area contributed by atoms with E-state index in [0.717, 1.165) is 5.69 Å². The zero-order chi connectivity index (χ0) is 18.9. The molecule has 1 N–H and O–H groups in total. The van der Waals surface area contributed by atoms with Gasteiger partial charge in [-0.15, -0.1) is 0 Å². The molecule has 3 aromatic rings. The van der Waals surface area contributed by atoms with Crippen LogP contribution in [0, 0.1) is 0 Å². The number of hydrogen-bond acceptors (Lipinski definition) is 3. The molecule has 0 aromatic heterocycles. The Hall–Kier alpha value is -3.08. The Morgan fingerprint density at radius 1 is 0.815 bits per heavy atom. The first-order chi connectivity index (χ1) is 13.1. The summed E-state index contributed by atoms with van der Waals surface area (Å²) in [4.78, 5) is 15.0. The molecule has 27 heavy (non-hydrogen) atoms. The van der Waals surface area contributed by atoms with Crippen LogP contribution in [0.4, 0.5) is 5.69 Å². The van der Waals surface area contributed by atoms with Crippen LogP contribution < -0.4 is 4.90 Å². The summed E-state index contributed by atoms with van der Waals surface area (Å²) in [6.07, 6.45) is 1.56. The number of hydrogen-bond donors (Lipinski definition) is 1. The zero-order valence-corrected chi connectivity index (χ0v) is 15.3. The second-order valence-electron chi connectivity index (χ2n) is 6.32. The van der Waals surface area contributed by atoms with Gasteiger partial charge in [0.25, 0.3) is 0 Å². The van der Waals surface area contributed by atoms with Gasteiger partial charge in [0.1, 0.15) is 4.99 Å². The van der Waals surface area contributed by atoms with Crippen LogP contribution in [0.3, 0.4) is 0 Å². The molecule has 0 spiro atoms. The Kier molecular flexibility index (Phi) is 4.44. The molecule has 0 saturated carbocycles. The van der Waals surface area contributed by atoms with Gasteiger partial charge in [-0.25, -0.2) is 0 Å². The number of benzene rings is 3. The third-order valence-corrected chi connectivity index (χ3v) is 5.02. The van der Waals surface area contributed by atoms with Gasteiger partial charge < -0.3 is 5.11 Å². The fourth-order valence-electron chi connectivity index (χ4n) is 3.30. The summed E-state index contributed by atoms with van der Waals surface area (Å²) in [6, 6.07) is 27.6. The van der Waals surface area contributed by atoms with Gasteiger partial charge in [0.05, 0.1) is 5.57 Å². The van der Waals surface area contributed by atoms with Gasteiger partial charge in [0, 0.05) is 16.8 Å². The smallest absolute Gasteiger partial charge is 0.195 e. The lowest BCUT2D eigenvalue weighted by Crippen LogP contribution is -2.44. The van der Waals surface area contributed by atoms with Gasteiger partial charge in [-0.1, -0.05) is 91.1 Å². The van der Waals surface area contributed by atoms with Crippen LogP contribution in [0.5, 0.6) is 0 Å². The van der Waals surface area contributed by atoms with Gasteiger partial charge in [-0.05, 0) is 18.2 Å². The molecule has 1 aliphatic heterocycles. The summed E-state index contributed by atoms with van der Waals surface area (Å²) in [5, 5.41) is 11.6. The van der Waals surface area contributed by atoms with Gasteiger partial charge in [-0.2, -0.15) is 0 Å². The molecular formula is C23H17NO2S. The quantitative estimate of drug-likeness (QED) is 0.542. The summed E-state index contributed by atoms with van der Waals surface area (Å²) in [6.45, 7) is 0. The number of carbonyl (C=O) groups is 1. The minimum Gasteiger partial charge on any atom is -0.363 e. The molecule has 0 saturated heterocycles. The fraction of sp³-hybridized carbons (Fsp3) is 0.0435. The molecule has 0 aliphatic carbocycles. The largest absolute Gasteiger partial charge is 0.363 e. The summed E-state index contributed by atoms with van der Waals surface area (Å²) in [5.74, 6) is -0.201. The monoisotopic (exact) mass is 371 g/mol. The maximum atomic E-state index is 13.1. The van der Waals surface area contributed by atoms with Crippen molar-refractivity contribution in [3.05, 3.63) is 114 Å². The zero-order valence-electron chi connectivity index (χ0n) is 14.4. The van der Waals surface area contributed by atoms with Gasteiger partial charge in [0.2, 0.25) is 0 Å². The SMILES string of the molecule is O=C(C1=CC(O)(c2ccccc2)N(c2ccccc2)C1=S)c1ccccc1. The Morgan fingerprint density at radius 3 is 1.93 bits per heavy atom. The molecular weight excluding hydrogens is 354 g/mol. The van der Waals surface area contributed by atoms with E-state index in [1.165, 1.54) is 0 Å². The number of Topliss-reactive ketones (excluding diaryl/α,β-unsaturated/α-hetero) is 1. The number of thiocarbonyl (C=S) groups is 1. The van der Waals surface area contributed by atoms with Crippen LogP contribution in [0.2, 0.25) is 0 Å². The lowest BCUT2D eigenvalue weighted by Gasteiger charge is -2.35. The Bertz CT molecular complexity index is 1020. The number of rotatable bonds is 4. The third kappa shape index (κ3) is 2.99. The minimum atomic E-state index is -1.53. The van der Waals surface area contributed by atoms with E-state index in [0.29, 0.717) is 21.7 Å². The van der Waals surface area contributed by atoms with E-state index >= 15 is 0 Å². The van der Waals surface area contributed by atoms with Gasteiger partial charge in [-0.3, -0.25) is 9.69 Å². The molecule has 0 bridgehead atoms. The number of anilines is 1. The van der Waals surface area contributed by atoms with E-state index in [4.69, 9.17) is 12.2 Å². The van der Waals surface area contributed by atoms with E-state index < -0.39 is 5.72 Å². The van der Waals surface area contributed by atoms with Gasteiger partial charge in [0.15, 0.2) is 11.5 Å². The third-order valence-electron chi connectivity index (χ3n) is 4.61. The standard InChI is InChI=1S/C23H17NO2S/c25-21(17-10-4-1-5-11-17)20-16-23(26,18-12-6-2-7-13-18)24(22(20)27)19-14-8-3-9-15-19/h1-16,26H. The second-order valence-corrected chi connectivity index (χ2v) is 6.71.